The van der Waals surface area contributed by atoms with Crippen molar-refractivity contribution in [1.82, 2.24) is 4.90 Å². The Kier molecular flexibility index (Phi) is 3.53. The van der Waals surface area contributed by atoms with Gasteiger partial charge < -0.3 is 10.0 Å². The molecule has 0 spiro atoms. The van der Waals surface area contributed by atoms with E-state index in [1.165, 1.54) is 12.8 Å². The lowest BCUT2D eigenvalue weighted by atomic mass is 9.82. The second-order valence-corrected chi connectivity index (χ2v) is 5.55. The lowest BCUT2D eigenvalue weighted by Crippen LogP contribution is -2.45. The van der Waals surface area contributed by atoms with Gasteiger partial charge in [0.15, 0.2) is 0 Å². The molecule has 1 N–H and O–H groups in total. The molecular weight excluding hydrogens is 202 g/mol. The van der Waals surface area contributed by atoms with Gasteiger partial charge in [-0.2, -0.15) is 0 Å². The van der Waals surface area contributed by atoms with E-state index in [1.807, 2.05) is 11.9 Å². The van der Waals surface area contributed by atoms with Crippen molar-refractivity contribution in [3.05, 3.63) is 0 Å². The van der Waals surface area contributed by atoms with Crippen LogP contribution < -0.4 is 0 Å². The van der Waals surface area contributed by atoms with E-state index < -0.39 is 5.60 Å². The third-order valence-electron chi connectivity index (χ3n) is 4.28. The van der Waals surface area contributed by atoms with Crippen molar-refractivity contribution in [1.29, 1.82) is 0 Å². The Hall–Kier alpha value is -0.570. The number of aliphatic hydroxyl groups is 1. The number of carbonyl (C=O) groups excluding carboxylic acids is 1. The number of rotatable bonds is 3. The Bertz CT molecular complexity index is 255. The molecule has 3 nitrogen and oxygen atoms in total. The maximum atomic E-state index is 12.0. The van der Waals surface area contributed by atoms with Crippen molar-refractivity contribution in [3.63, 3.8) is 0 Å². The van der Waals surface area contributed by atoms with E-state index in [0.717, 1.165) is 38.5 Å². The first-order chi connectivity index (χ1) is 7.61. The number of amides is 1. The van der Waals surface area contributed by atoms with Crippen LogP contribution in [-0.2, 0) is 4.79 Å². The van der Waals surface area contributed by atoms with Crippen LogP contribution in [0.25, 0.3) is 0 Å². The molecule has 2 aliphatic rings. The predicted octanol–water partition coefficient (Wildman–Crippen LogP) is 2.08. The highest BCUT2D eigenvalue weighted by atomic mass is 16.3. The third-order valence-corrected chi connectivity index (χ3v) is 4.28. The second kappa shape index (κ2) is 4.74. The van der Waals surface area contributed by atoms with Crippen molar-refractivity contribution < 1.29 is 9.90 Å². The minimum Gasteiger partial charge on any atom is -0.389 e. The summed E-state index contributed by atoms with van der Waals surface area (Å²) in [5.41, 5.74) is -0.701. The summed E-state index contributed by atoms with van der Waals surface area (Å²) in [7, 11) is 1.89. The van der Waals surface area contributed by atoms with Crippen LogP contribution in [-0.4, -0.2) is 34.6 Å². The molecule has 0 bridgehead atoms. The van der Waals surface area contributed by atoms with E-state index >= 15 is 0 Å². The topological polar surface area (TPSA) is 40.5 Å². The van der Waals surface area contributed by atoms with Gasteiger partial charge in [-0.25, -0.2) is 0 Å². The Labute approximate surface area is 97.8 Å². The maximum Gasteiger partial charge on any atom is 0.225 e. The first kappa shape index (κ1) is 11.9. The highest BCUT2D eigenvalue weighted by Crippen LogP contribution is 2.32. The van der Waals surface area contributed by atoms with Crippen LogP contribution in [0.2, 0.25) is 0 Å². The van der Waals surface area contributed by atoms with Gasteiger partial charge in [-0.3, -0.25) is 4.79 Å². The average Bonchev–Trinajstić information content (AvgIpc) is 2.15. The van der Waals surface area contributed by atoms with Gasteiger partial charge in [-0.05, 0) is 32.1 Å². The summed E-state index contributed by atoms with van der Waals surface area (Å²) >= 11 is 0. The second-order valence-electron chi connectivity index (χ2n) is 5.55. The Morgan fingerprint density at radius 3 is 2.38 bits per heavy atom. The average molecular weight is 225 g/mol. The number of hydrogen-bond donors (Lipinski definition) is 1. The van der Waals surface area contributed by atoms with Gasteiger partial charge in [0.1, 0.15) is 0 Å². The van der Waals surface area contributed by atoms with Crippen molar-refractivity contribution in [2.24, 2.45) is 0 Å². The zero-order valence-electron chi connectivity index (χ0n) is 10.2. The molecule has 0 unspecified atom stereocenters. The number of hydrogen-bond acceptors (Lipinski definition) is 2. The smallest absolute Gasteiger partial charge is 0.225 e. The fraction of sp³-hybridized carbons (Fsp3) is 0.923. The molecule has 2 saturated carbocycles. The molecule has 0 radical (unpaired) electrons. The van der Waals surface area contributed by atoms with Gasteiger partial charge in [-0.15, -0.1) is 0 Å². The van der Waals surface area contributed by atoms with E-state index in [9.17, 15) is 9.90 Å². The first-order valence-corrected chi connectivity index (χ1v) is 6.59. The van der Waals surface area contributed by atoms with Crippen LogP contribution >= 0.6 is 0 Å². The Morgan fingerprint density at radius 2 is 1.88 bits per heavy atom. The normalized spacial score (nSPS) is 24.9. The van der Waals surface area contributed by atoms with E-state index in [0.29, 0.717) is 12.5 Å². The summed E-state index contributed by atoms with van der Waals surface area (Å²) in [5, 5.41) is 10.3. The molecule has 0 heterocycles. The van der Waals surface area contributed by atoms with Crippen LogP contribution in [0.1, 0.15) is 57.8 Å². The maximum absolute atomic E-state index is 12.0. The minimum atomic E-state index is -0.701. The fourth-order valence-electron chi connectivity index (χ4n) is 2.77. The van der Waals surface area contributed by atoms with Crippen LogP contribution in [0.5, 0.6) is 0 Å². The molecule has 2 aliphatic carbocycles. The van der Waals surface area contributed by atoms with Crippen LogP contribution in [0, 0.1) is 0 Å². The standard InChI is InChI=1S/C13H23NO2/c1-14(11-6-5-7-11)12(15)10-13(16)8-3-2-4-9-13/h11,16H,2-10H2,1H3. The molecular formula is C13H23NO2. The minimum absolute atomic E-state index is 0.133. The van der Waals surface area contributed by atoms with E-state index in [2.05, 4.69) is 0 Å². The predicted molar refractivity (Wildman–Crippen MR) is 63.1 cm³/mol. The van der Waals surface area contributed by atoms with Crippen molar-refractivity contribution in [2.45, 2.75) is 69.4 Å². The molecule has 0 aliphatic heterocycles. The van der Waals surface area contributed by atoms with Crippen LogP contribution in [0.4, 0.5) is 0 Å². The first-order valence-electron chi connectivity index (χ1n) is 6.59. The number of carbonyl (C=O) groups is 1. The van der Waals surface area contributed by atoms with Gasteiger partial charge >= 0.3 is 0 Å². The van der Waals surface area contributed by atoms with E-state index in [-0.39, 0.29) is 5.91 Å². The molecule has 3 heteroatoms. The summed E-state index contributed by atoms with van der Waals surface area (Å²) < 4.78 is 0. The number of nitrogens with zero attached hydrogens (tertiary/aromatic N) is 1. The third kappa shape index (κ3) is 2.57. The molecule has 92 valence electrons. The largest absolute Gasteiger partial charge is 0.389 e. The highest BCUT2D eigenvalue weighted by Gasteiger charge is 2.34. The Morgan fingerprint density at radius 1 is 1.25 bits per heavy atom. The van der Waals surface area contributed by atoms with Gasteiger partial charge in [0.2, 0.25) is 5.91 Å². The zero-order chi connectivity index (χ0) is 11.6. The molecule has 2 rings (SSSR count). The van der Waals surface area contributed by atoms with Gasteiger partial charge in [-0.1, -0.05) is 19.3 Å². The quantitative estimate of drug-likeness (QED) is 0.799. The van der Waals surface area contributed by atoms with Gasteiger partial charge in [0.05, 0.1) is 12.0 Å². The van der Waals surface area contributed by atoms with Gasteiger partial charge in [0.25, 0.3) is 0 Å². The van der Waals surface area contributed by atoms with Crippen molar-refractivity contribution in [2.75, 3.05) is 7.05 Å². The summed E-state index contributed by atoms with van der Waals surface area (Å²) in [6, 6.07) is 0.444. The molecule has 0 aromatic carbocycles. The molecule has 0 aromatic heterocycles. The molecule has 1 amide bonds. The lowest BCUT2D eigenvalue weighted by molar-refractivity contribution is -0.140. The SMILES string of the molecule is CN(C(=O)CC1(O)CCCCC1)C1CCC1. The summed E-state index contributed by atoms with van der Waals surface area (Å²) in [6.07, 6.45) is 8.80. The van der Waals surface area contributed by atoms with E-state index in [4.69, 9.17) is 0 Å². The van der Waals surface area contributed by atoms with Crippen molar-refractivity contribution in [3.8, 4) is 0 Å². The van der Waals surface area contributed by atoms with Crippen LogP contribution in [0.15, 0.2) is 0 Å². The fourth-order valence-corrected chi connectivity index (χ4v) is 2.77. The molecule has 16 heavy (non-hydrogen) atoms. The molecule has 2 fully saturated rings. The van der Waals surface area contributed by atoms with Crippen molar-refractivity contribution >= 4 is 5.91 Å². The molecule has 0 aromatic rings. The summed E-state index contributed by atoms with van der Waals surface area (Å²) in [6.45, 7) is 0. The van der Waals surface area contributed by atoms with Gasteiger partial charge in [0, 0.05) is 13.1 Å². The summed E-state index contributed by atoms with van der Waals surface area (Å²) in [5.74, 6) is 0.133. The van der Waals surface area contributed by atoms with E-state index in [1.54, 1.807) is 0 Å². The monoisotopic (exact) mass is 225 g/mol. The lowest BCUT2D eigenvalue weighted by Gasteiger charge is -2.38. The summed E-state index contributed by atoms with van der Waals surface area (Å²) in [4.78, 5) is 13.9. The van der Waals surface area contributed by atoms with Crippen LogP contribution in [0.3, 0.4) is 0 Å². The highest BCUT2D eigenvalue weighted by molar-refractivity contribution is 5.77. The zero-order valence-corrected chi connectivity index (χ0v) is 10.2. The molecule has 0 saturated heterocycles. The Balaban J connectivity index is 1.85. The molecule has 0 atom stereocenters.